The first-order valence-electron chi connectivity index (χ1n) is 12.3. The smallest absolute Gasteiger partial charge is 0.308 e. The van der Waals surface area contributed by atoms with Gasteiger partial charge in [0, 0.05) is 43.4 Å². The first-order chi connectivity index (χ1) is 15.8. The molecule has 4 rings (SSSR count). The van der Waals surface area contributed by atoms with Crippen molar-refractivity contribution in [1.29, 1.82) is 0 Å². The molecule has 1 N–H and O–H groups in total. The van der Waals surface area contributed by atoms with Gasteiger partial charge in [0.25, 0.3) is 0 Å². The molecule has 1 fully saturated rings. The summed E-state index contributed by atoms with van der Waals surface area (Å²) in [7, 11) is 2.11. The number of ether oxygens (including phenoxy) is 2. The van der Waals surface area contributed by atoms with E-state index in [2.05, 4.69) is 56.1 Å². The first-order valence-corrected chi connectivity index (χ1v) is 12.3. The molecule has 2 aliphatic rings. The van der Waals surface area contributed by atoms with Crippen molar-refractivity contribution < 1.29 is 19.4 Å². The zero-order chi connectivity index (χ0) is 23.5. The van der Waals surface area contributed by atoms with E-state index in [-0.39, 0.29) is 24.1 Å². The monoisotopic (exact) mass is 451 g/mol. The van der Waals surface area contributed by atoms with Crippen LogP contribution in [0.5, 0.6) is 11.5 Å². The third-order valence-corrected chi connectivity index (χ3v) is 7.46. The minimum absolute atomic E-state index is 0.0486. The van der Waals surface area contributed by atoms with E-state index < -0.39 is 0 Å². The molecule has 0 spiro atoms. The maximum absolute atomic E-state index is 12.0. The molecule has 5 nitrogen and oxygen atoms in total. The number of carbonyl (C=O) groups excluding carboxylic acids is 1. The van der Waals surface area contributed by atoms with Gasteiger partial charge in [-0.25, -0.2) is 0 Å². The van der Waals surface area contributed by atoms with Crippen molar-refractivity contribution >= 4 is 11.7 Å². The summed E-state index contributed by atoms with van der Waals surface area (Å²) < 4.78 is 12.0. The Morgan fingerprint density at radius 1 is 1.21 bits per heavy atom. The second kappa shape index (κ2) is 10.2. The maximum Gasteiger partial charge on any atom is 0.308 e. The highest BCUT2D eigenvalue weighted by Gasteiger charge is 2.43. The van der Waals surface area contributed by atoms with Gasteiger partial charge in [0.2, 0.25) is 0 Å². The van der Waals surface area contributed by atoms with Crippen LogP contribution in [0, 0.1) is 5.92 Å². The molecule has 2 aromatic carbocycles. The number of esters is 1. The van der Waals surface area contributed by atoms with E-state index in [1.807, 2.05) is 12.1 Å². The van der Waals surface area contributed by atoms with Gasteiger partial charge in [-0.3, -0.25) is 4.79 Å². The minimum atomic E-state index is -0.334. The van der Waals surface area contributed by atoms with E-state index in [1.54, 1.807) is 0 Å². The predicted molar refractivity (Wildman–Crippen MR) is 131 cm³/mol. The SMILES string of the molecule is CC(=O)Oc1cc(OC(C)CCCc2ccccc2)cc2c1C1CC(O)CCC1C(C)N2C. The topological polar surface area (TPSA) is 59.0 Å². The zero-order valence-corrected chi connectivity index (χ0v) is 20.3. The molecule has 0 radical (unpaired) electrons. The van der Waals surface area contributed by atoms with Crippen molar-refractivity contribution in [2.24, 2.45) is 5.92 Å². The lowest BCUT2D eigenvalue weighted by atomic mass is 9.68. The lowest BCUT2D eigenvalue weighted by Gasteiger charge is -2.48. The van der Waals surface area contributed by atoms with Gasteiger partial charge in [-0.1, -0.05) is 30.3 Å². The number of hydrogen-bond donors (Lipinski definition) is 1. The Kier molecular flexibility index (Phi) is 7.28. The Morgan fingerprint density at radius 3 is 2.70 bits per heavy atom. The number of aliphatic hydroxyl groups excluding tert-OH is 1. The predicted octanol–water partition coefficient (Wildman–Crippen LogP) is 5.49. The fourth-order valence-electron chi connectivity index (χ4n) is 5.68. The second-order valence-corrected chi connectivity index (χ2v) is 9.84. The van der Waals surface area contributed by atoms with E-state index in [1.165, 1.54) is 12.5 Å². The number of rotatable bonds is 7. The quantitative estimate of drug-likeness (QED) is 0.446. The largest absolute Gasteiger partial charge is 0.491 e. The summed E-state index contributed by atoms with van der Waals surface area (Å²) in [4.78, 5) is 14.2. The number of carbonyl (C=O) groups is 1. The van der Waals surface area contributed by atoms with Crippen LogP contribution < -0.4 is 14.4 Å². The highest BCUT2D eigenvalue weighted by Crippen LogP contribution is 2.53. The van der Waals surface area contributed by atoms with Crippen LogP contribution in [0.15, 0.2) is 42.5 Å². The minimum Gasteiger partial charge on any atom is -0.491 e. The molecule has 0 amide bonds. The van der Waals surface area contributed by atoms with Gasteiger partial charge in [-0.05, 0) is 69.8 Å². The molecule has 1 aliphatic heterocycles. The average molecular weight is 452 g/mol. The van der Waals surface area contributed by atoms with E-state index in [0.717, 1.165) is 49.1 Å². The molecular formula is C28H37NO4. The summed E-state index contributed by atoms with van der Waals surface area (Å²) in [6.07, 6.45) is 5.28. The Morgan fingerprint density at radius 2 is 1.97 bits per heavy atom. The second-order valence-electron chi connectivity index (χ2n) is 9.84. The summed E-state index contributed by atoms with van der Waals surface area (Å²) >= 11 is 0. The van der Waals surface area contributed by atoms with Crippen molar-refractivity contribution in [3.63, 3.8) is 0 Å². The fourth-order valence-corrected chi connectivity index (χ4v) is 5.68. The molecule has 0 saturated heterocycles. The molecule has 1 saturated carbocycles. The van der Waals surface area contributed by atoms with Gasteiger partial charge in [0.15, 0.2) is 0 Å². The number of fused-ring (bicyclic) bond motifs is 3. The van der Waals surface area contributed by atoms with Gasteiger partial charge >= 0.3 is 5.97 Å². The number of nitrogens with zero attached hydrogens (tertiary/aromatic N) is 1. The molecule has 5 unspecified atom stereocenters. The number of aryl methyl sites for hydroxylation is 1. The van der Waals surface area contributed by atoms with Crippen LogP contribution in [0.2, 0.25) is 0 Å². The molecule has 1 heterocycles. The van der Waals surface area contributed by atoms with E-state index in [4.69, 9.17) is 9.47 Å². The van der Waals surface area contributed by atoms with Gasteiger partial charge in [-0.15, -0.1) is 0 Å². The standard InChI is InChI=1S/C28H37NO4/c1-18(9-8-12-21-10-6-5-7-11-21)32-23-16-26-28(27(17-23)33-20(3)30)25-15-22(31)13-14-24(25)19(2)29(26)4/h5-7,10-11,16-19,22,24-25,31H,8-9,12-15H2,1-4H3. The average Bonchev–Trinajstić information content (AvgIpc) is 2.77. The van der Waals surface area contributed by atoms with Crippen LogP contribution in [0.3, 0.4) is 0 Å². The molecule has 1 aliphatic carbocycles. The molecule has 33 heavy (non-hydrogen) atoms. The molecule has 5 atom stereocenters. The molecular weight excluding hydrogens is 414 g/mol. The third-order valence-electron chi connectivity index (χ3n) is 7.46. The molecule has 178 valence electrons. The normalized spacial score (nSPS) is 25.1. The number of benzene rings is 2. The third kappa shape index (κ3) is 5.35. The molecule has 2 aromatic rings. The number of hydrogen-bond acceptors (Lipinski definition) is 5. The van der Waals surface area contributed by atoms with Crippen molar-refractivity contribution in [3.05, 3.63) is 53.6 Å². The van der Waals surface area contributed by atoms with Gasteiger partial charge in [0.1, 0.15) is 11.5 Å². The van der Waals surface area contributed by atoms with Gasteiger partial charge in [0.05, 0.1) is 12.2 Å². The fraction of sp³-hybridized carbons (Fsp3) is 0.536. The van der Waals surface area contributed by atoms with Crippen LogP contribution in [-0.2, 0) is 11.2 Å². The number of anilines is 1. The highest BCUT2D eigenvalue weighted by molar-refractivity contribution is 5.74. The lowest BCUT2D eigenvalue weighted by molar-refractivity contribution is -0.131. The molecule has 5 heteroatoms. The molecule has 0 aromatic heterocycles. The zero-order valence-electron chi connectivity index (χ0n) is 20.3. The maximum atomic E-state index is 12.0. The Bertz CT molecular complexity index is 960. The van der Waals surface area contributed by atoms with Crippen molar-refractivity contribution in [1.82, 2.24) is 0 Å². The lowest BCUT2D eigenvalue weighted by Crippen LogP contribution is -2.46. The first kappa shape index (κ1) is 23.6. The van der Waals surface area contributed by atoms with Crippen LogP contribution in [-0.4, -0.2) is 36.4 Å². The van der Waals surface area contributed by atoms with Crippen LogP contribution in [0.25, 0.3) is 0 Å². The summed E-state index contributed by atoms with van der Waals surface area (Å²) in [6.45, 7) is 5.79. The Hall–Kier alpha value is -2.53. The van der Waals surface area contributed by atoms with Crippen LogP contribution >= 0.6 is 0 Å². The summed E-state index contributed by atoms with van der Waals surface area (Å²) in [5.41, 5.74) is 3.43. The summed E-state index contributed by atoms with van der Waals surface area (Å²) in [6, 6.07) is 14.8. The number of aliphatic hydroxyl groups is 1. The van der Waals surface area contributed by atoms with Crippen molar-refractivity contribution in [2.45, 2.75) is 83.5 Å². The van der Waals surface area contributed by atoms with Gasteiger partial charge < -0.3 is 19.5 Å². The van der Waals surface area contributed by atoms with Crippen molar-refractivity contribution in [3.8, 4) is 11.5 Å². The van der Waals surface area contributed by atoms with E-state index in [9.17, 15) is 9.90 Å². The summed E-state index contributed by atoms with van der Waals surface area (Å²) in [5.74, 6) is 1.59. The van der Waals surface area contributed by atoms with E-state index >= 15 is 0 Å². The summed E-state index contributed by atoms with van der Waals surface area (Å²) in [5, 5.41) is 10.4. The van der Waals surface area contributed by atoms with Crippen molar-refractivity contribution in [2.75, 3.05) is 11.9 Å². The Balaban J connectivity index is 1.55. The van der Waals surface area contributed by atoms with Crippen LogP contribution in [0.4, 0.5) is 5.69 Å². The van der Waals surface area contributed by atoms with Crippen LogP contribution in [0.1, 0.15) is 69.9 Å². The van der Waals surface area contributed by atoms with E-state index in [0.29, 0.717) is 24.1 Å². The molecule has 0 bridgehead atoms. The van der Waals surface area contributed by atoms with Gasteiger partial charge in [-0.2, -0.15) is 0 Å². The highest BCUT2D eigenvalue weighted by atomic mass is 16.5. The Labute approximate surface area is 197 Å².